The summed E-state index contributed by atoms with van der Waals surface area (Å²) in [6.07, 6.45) is 2.06. The van der Waals surface area contributed by atoms with Crippen molar-refractivity contribution in [3.05, 3.63) is 29.8 Å². The van der Waals surface area contributed by atoms with Gasteiger partial charge in [0, 0.05) is 12.5 Å². The molecule has 2 saturated heterocycles. The van der Waals surface area contributed by atoms with Gasteiger partial charge in [0.15, 0.2) is 5.54 Å². The third-order valence-corrected chi connectivity index (χ3v) is 6.33. The van der Waals surface area contributed by atoms with Crippen LogP contribution in [0, 0.1) is 11.8 Å². The predicted octanol–water partition coefficient (Wildman–Crippen LogP) is -0.738. The summed E-state index contributed by atoms with van der Waals surface area (Å²) in [7, 11) is 0. The number of imide groups is 1. The number of amides is 2. The first kappa shape index (κ1) is 19.7. The number of likely N-dealkylation sites (tertiary alicyclic amines) is 1. The number of thioether (sulfide) groups is 1. The second kappa shape index (κ2) is 7.16. The molecule has 0 bridgehead atoms. The van der Waals surface area contributed by atoms with Gasteiger partial charge in [-0.25, -0.2) is 0 Å². The number of fused-ring (bicyclic) bond motifs is 1. The number of aliphatic carboxylic acids is 1. The molecule has 2 heterocycles. The van der Waals surface area contributed by atoms with Crippen molar-refractivity contribution in [2.45, 2.75) is 37.9 Å². The Morgan fingerprint density at radius 3 is 2.56 bits per heavy atom. The van der Waals surface area contributed by atoms with E-state index in [9.17, 15) is 24.6 Å². The van der Waals surface area contributed by atoms with E-state index in [-0.39, 0.29) is 24.1 Å². The van der Waals surface area contributed by atoms with Crippen molar-refractivity contribution in [2.24, 2.45) is 11.8 Å². The Bertz CT molecular complexity index is 783. The number of nitrogens with two attached hydrogens (primary N) is 1. The van der Waals surface area contributed by atoms with E-state index in [0.29, 0.717) is 11.3 Å². The lowest BCUT2D eigenvalue weighted by Crippen LogP contribution is -2.99. The topological polar surface area (TPSA) is 114 Å². The molecule has 0 unspecified atom stereocenters. The fraction of sp³-hybridized carbons (Fsp3) is 0.526. The standard InChI is InChI=1S/C19H24N2O5S/c1-10(2)21-16(23)13-14(17(21)24)19(18(25)26,8-9-27-3)20-15(13)11-6-4-5-7-12(11)22/h4-7,10,13-15,20,22H,8-9H2,1-3H3,(H,25,26)/t13-,14+,15+,19-/m1/s1. The maximum absolute atomic E-state index is 13.1. The van der Waals surface area contributed by atoms with E-state index in [4.69, 9.17) is 0 Å². The summed E-state index contributed by atoms with van der Waals surface area (Å²) in [5.74, 6) is -3.51. The van der Waals surface area contributed by atoms with Crippen LogP contribution in [0.2, 0.25) is 0 Å². The van der Waals surface area contributed by atoms with E-state index in [2.05, 4.69) is 0 Å². The van der Waals surface area contributed by atoms with Gasteiger partial charge < -0.3 is 20.3 Å². The molecule has 1 aromatic carbocycles. The summed E-state index contributed by atoms with van der Waals surface area (Å²) in [6, 6.07) is 5.54. The van der Waals surface area contributed by atoms with Crippen LogP contribution >= 0.6 is 11.8 Å². The number of hydrogen-bond donors (Lipinski definition) is 2. The Hall–Kier alpha value is -2.06. The number of hydrogen-bond acceptors (Lipinski definition) is 6. The average molecular weight is 392 g/mol. The van der Waals surface area contributed by atoms with Gasteiger partial charge in [-0.05, 0) is 38.0 Å². The van der Waals surface area contributed by atoms with Gasteiger partial charge in [0.25, 0.3) is 0 Å². The van der Waals surface area contributed by atoms with Gasteiger partial charge in [0.2, 0.25) is 11.8 Å². The number of benzene rings is 1. The Morgan fingerprint density at radius 1 is 1.33 bits per heavy atom. The van der Waals surface area contributed by atoms with Crippen LogP contribution < -0.4 is 10.4 Å². The van der Waals surface area contributed by atoms with E-state index in [1.807, 2.05) is 6.26 Å². The van der Waals surface area contributed by atoms with Crippen LogP contribution in [0.3, 0.4) is 0 Å². The number of para-hydroxylation sites is 1. The molecule has 146 valence electrons. The molecule has 0 spiro atoms. The van der Waals surface area contributed by atoms with E-state index in [0.717, 1.165) is 0 Å². The summed E-state index contributed by atoms with van der Waals surface area (Å²) >= 11 is 1.48. The van der Waals surface area contributed by atoms with E-state index in [1.165, 1.54) is 22.7 Å². The lowest BCUT2D eigenvalue weighted by molar-refractivity contribution is -0.739. The maximum atomic E-state index is 13.1. The molecule has 0 aliphatic carbocycles. The number of nitrogens with zero attached hydrogens (tertiary/aromatic N) is 1. The highest BCUT2D eigenvalue weighted by Crippen LogP contribution is 2.47. The quantitative estimate of drug-likeness (QED) is 0.617. The van der Waals surface area contributed by atoms with E-state index >= 15 is 0 Å². The number of quaternary nitrogens is 1. The van der Waals surface area contributed by atoms with Gasteiger partial charge in [-0.15, -0.1) is 0 Å². The first-order valence-electron chi connectivity index (χ1n) is 8.97. The van der Waals surface area contributed by atoms with Crippen LogP contribution in [0.15, 0.2) is 24.3 Å². The molecule has 0 aromatic heterocycles. The fourth-order valence-corrected chi connectivity index (χ4v) is 5.06. The first-order chi connectivity index (χ1) is 12.8. The van der Waals surface area contributed by atoms with Crippen molar-refractivity contribution in [1.29, 1.82) is 0 Å². The number of rotatable bonds is 6. The molecule has 3 N–H and O–H groups in total. The number of phenols is 1. The maximum Gasteiger partial charge on any atom is 0.240 e. The number of phenolic OH excluding ortho intramolecular Hbond substituents is 1. The van der Waals surface area contributed by atoms with Crippen molar-refractivity contribution < 1.29 is 29.9 Å². The lowest BCUT2D eigenvalue weighted by atomic mass is 9.78. The summed E-state index contributed by atoms with van der Waals surface area (Å²) in [4.78, 5) is 39.7. The van der Waals surface area contributed by atoms with Gasteiger partial charge >= 0.3 is 0 Å². The minimum absolute atomic E-state index is 0.0141. The predicted molar refractivity (Wildman–Crippen MR) is 97.5 cm³/mol. The largest absolute Gasteiger partial charge is 0.544 e. The normalized spacial score (nSPS) is 30.2. The molecule has 1 aromatic rings. The van der Waals surface area contributed by atoms with Crippen LogP contribution in [-0.2, 0) is 14.4 Å². The van der Waals surface area contributed by atoms with E-state index in [1.54, 1.807) is 37.4 Å². The van der Waals surface area contributed by atoms with Crippen molar-refractivity contribution in [3.8, 4) is 5.75 Å². The van der Waals surface area contributed by atoms with Crippen LogP contribution in [0.4, 0.5) is 0 Å². The highest BCUT2D eigenvalue weighted by molar-refractivity contribution is 7.98. The smallest absolute Gasteiger partial charge is 0.240 e. The van der Waals surface area contributed by atoms with Gasteiger partial charge in [0.1, 0.15) is 29.6 Å². The Morgan fingerprint density at radius 2 is 2.00 bits per heavy atom. The molecule has 7 nitrogen and oxygen atoms in total. The summed E-state index contributed by atoms with van der Waals surface area (Å²) < 4.78 is 0. The van der Waals surface area contributed by atoms with Gasteiger partial charge in [-0.3, -0.25) is 14.5 Å². The Labute approximate surface area is 162 Å². The molecule has 2 aliphatic heterocycles. The Kier molecular flexibility index (Phi) is 5.22. The molecule has 4 atom stereocenters. The van der Waals surface area contributed by atoms with E-state index < -0.39 is 35.3 Å². The van der Waals surface area contributed by atoms with Crippen molar-refractivity contribution >= 4 is 29.5 Å². The fourth-order valence-electron chi connectivity index (χ4n) is 4.51. The zero-order valence-electron chi connectivity index (χ0n) is 15.5. The summed E-state index contributed by atoms with van der Waals surface area (Å²) in [5.41, 5.74) is -1.07. The summed E-state index contributed by atoms with van der Waals surface area (Å²) in [6.45, 7) is 3.47. The molecule has 3 rings (SSSR count). The zero-order valence-corrected chi connectivity index (χ0v) is 16.4. The average Bonchev–Trinajstić information content (AvgIpc) is 3.08. The first-order valence-corrected chi connectivity index (χ1v) is 10.4. The monoisotopic (exact) mass is 392 g/mol. The number of aromatic hydroxyl groups is 1. The molecule has 0 saturated carbocycles. The molecular weight excluding hydrogens is 368 g/mol. The van der Waals surface area contributed by atoms with Crippen molar-refractivity contribution in [3.63, 3.8) is 0 Å². The van der Waals surface area contributed by atoms with Gasteiger partial charge in [-0.2, -0.15) is 11.8 Å². The molecule has 2 fully saturated rings. The third kappa shape index (κ3) is 2.91. The number of carbonyl (C=O) groups is 3. The lowest BCUT2D eigenvalue weighted by Gasteiger charge is -2.33. The zero-order chi connectivity index (χ0) is 19.9. The van der Waals surface area contributed by atoms with Crippen LogP contribution in [0.1, 0.15) is 31.9 Å². The number of carboxylic acids is 1. The second-order valence-electron chi connectivity index (χ2n) is 7.47. The highest BCUT2D eigenvalue weighted by atomic mass is 32.2. The van der Waals surface area contributed by atoms with Crippen molar-refractivity contribution in [1.82, 2.24) is 4.90 Å². The number of carbonyl (C=O) groups excluding carboxylic acids is 3. The Balaban J connectivity index is 2.16. The minimum Gasteiger partial charge on any atom is -0.544 e. The molecule has 2 aliphatic rings. The van der Waals surface area contributed by atoms with Crippen LogP contribution in [-0.4, -0.2) is 51.4 Å². The highest BCUT2D eigenvalue weighted by Gasteiger charge is 2.69. The number of carboxylic acid groups (broad SMARTS) is 1. The molecule has 8 heteroatoms. The SMILES string of the molecule is CSCC[C@@]1(C(=O)[O-])[NH2+][C@@H](c2ccccc2O)[C@@H]2C(=O)N(C(C)C)C(=O)[C@H]21. The molecule has 2 amide bonds. The van der Waals surface area contributed by atoms with Gasteiger partial charge in [-0.1, -0.05) is 12.1 Å². The van der Waals surface area contributed by atoms with Crippen LogP contribution in [0.5, 0.6) is 5.75 Å². The molecule has 27 heavy (non-hydrogen) atoms. The second-order valence-corrected chi connectivity index (χ2v) is 8.45. The molecule has 0 radical (unpaired) electrons. The van der Waals surface area contributed by atoms with Crippen LogP contribution in [0.25, 0.3) is 0 Å². The van der Waals surface area contributed by atoms with Crippen molar-refractivity contribution in [2.75, 3.05) is 12.0 Å². The minimum atomic E-state index is -1.53. The summed E-state index contributed by atoms with van der Waals surface area (Å²) in [5, 5.41) is 24.1. The van der Waals surface area contributed by atoms with Gasteiger partial charge in [0.05, 0.1) is 5.56 Å². The molecular formula is C19H24N2O5S. The third-order valence-electron chi connectivity index (χ3n) is 5.72.